The Morgan fingerprint density at radius 1 is 1.29 bits per heavy atom. The number of piperidine rings is 1. The van der Waals surface area contributed by atoms with Crippen molar-refractivity contribution >= 4 is 5.91 Å². The minimum Gasteiger partial charge on any atom is -0.317 e. The van der Waals surface area contributed by atoms with Crippen molar-refractivity contribution in [3.8, 4) is 11.3 Å². The van der Waals surface area contributed by atoms with Crippen molar-refractivity contribution in [2.75, 3.05) is 13.1 Å². The zero-order valence-corrected chi connectivity index (χ0v) is 15.0. The van der Waals surface area contributed by atoms with Crippen LogP contribution in [0.2, 0.25) is 0 Å². The molecule has 1 N–H and O–H groups in total. The largest absolute Gasteiger partial charge is 0.317 e. The van der Waals surface area contributed by atoms with E-state index >= 15 is 0 Å². The van der Waals surface area contributed by atoms with Crippen molar-refractivity contribution in [2.45, 2.75) is 46.5 Å². The molecule has 2 aromatic heterocycles. The molecular weight excluding hydrogens is 300 g/mol. The second kappa shape index (κ2) is 6.48. The molecule has 0 aliphatic carbocycles. The summed E-state index contributed by atoms with van der Waals surface area (Å²) < 4.78 is 1.67. The van der Waals surface area contributed by atoms with E-state index in [9.17, 15) is 4.79 Å². The minimum absolute atomic E-state index is 0.0503. The average Bonchev–Trinajstić information content (AvgIpc) is 2.92. The first kappa shape index (κ1) is 16.8. The molecule has 1 aliphatic rings. The van der Waals surface area contributed by atoms with Gasteiger partial charge >= 0.3 is 0 Å². The Kier molecular flexibility index (Phi) is 4.54. The summed E-state index contributed by atoms with van der Waals surface area (Å²) in [5.74, 6) is 0.421. The van der Waals surface area contributed by atoms with E-state index in [1.165, 1.54) is 0 Å². The quantitative estimate of drug-likeness (QED) is 0.919. The van der Waals surface area contributed by atoms with Gasteiger partial charge in [0, 0.05) is 29.3 Å². The number of pyridine rings is 1. The highest BCUT2D eigenvalue weighted by Crippen LogP contribution is 2.34. The van der Waals surface area contributed by atoms with E-state index in [1.54, 1.807) is 10.9 Å². The molecule has 1 fully saturated rings. The molecule has 0 atom stereocenters. The van der Waals surface area contributed by atoms with Crippen molar-refractivity contribution in [3.63, 3.8) is 0 Å². The molecule has 0 saturated carbocycles. The van der Waals surface area contributed by atoms with E-state index in [2.05, 4.69) is 17.2 Å². The predicted molar refractivity (Wildman–Crippen MR) is 95.1 cm³/mol. The van der Waals surface area contributed by atoms with Crippen LogP contribution in [-0.4, -0.2) is 33.8 Å². The molecule has 2 aromatic rings. The molecule has 5 heteroatoms. The molecule has 128 valence electrons. The maximum atomic E-state index is 13.0. The minimum atomic E-state index is -0.466. The summed E-state index contributed by atoms with van der Waals surface area (Å²) in [6.07, 6.45) is 5.64. The fourth-order valence-corrected chi connectivity index (χ4v) is 3.33. The summed E-state index contributed by atoms with van der Waals surface area (Å²) in [5, 5.41) is 8.13. The monoisotopic (exact) mass is 326 g/mol. The molecule has 0 radical (unpaired) electrons. The van der Waals surface area contributed by atoms with E-state index in [4.69, 9.17) is 5.10 Å². The Balaban J connectivity index is 2.14. The van der Waals surface area contributed by atoms with Crippen LogP contribution in [0.1, 0.15) is 55.6 Å². The Labute approximate surface area is 143 Å². The third-order valence-corrected chi connectivity index (χ3v) is 4.66. The number of rotatable bonds is 2. The molecule has 0 amide bonds. The number of aromatic nitrogens is 3. The first-order chi connectivity index (χ1) is 11.4. The zero-order valence-electron chi connectivity index (χ0n) is 15.0. The molecule has 5 nitrogen and oxygen atoms in total. The summed E-state index contributed by atoms with van der Waals surface area (Å²) in [6, 6.07) is 3.91. The number of hydrogen-bond donors (Lipinski definition) is 1. The number of carbonyl (C=O) groups excluding carboxylic acids is 1. The van der Waals surface area contributed by atoms with Gasteiger partial charge in [-0.25, -0.2) is 4.68 Å². The third kappa shape index (κ3) is 3.13. The van der Waals surface area contributed by atoms with E-state index in [0.717, 1.165) is 48.4 Å². The summed E-state index contributed by atoms with van der Waals surface area (Å²) >= 11 is 0. The third-order valence-electron chi connectivity index (χ3n) is 4.66. The van der Waals surface area contributed by atoms with E-state index in [0.29, 0.717) is 5.92 Å². The van der Waals surface area contributed by atoms with Crippen molar-refractivity contribution in [1.29, 1.82) is 0 Å². The molecule has 1 aliphatic heterocycles. The van der Waals surface area contributed by atoms with Gasteiger partial charge in [0.15, 0.2) is 0 Å². The van der Waals surface area contributed by atoms with Crippen LogP contribution in [0.15, 0.2) is 24.5 Å². The van der Waals surface area contributed by atoms with Crippen molar-refractivity contribution in [1.82, 2.24) is 20.1 Å². The molecule has 1 saturated heterocycles. The van der Waals surface area contributed by atoms with Crippen LogP contribution in [0.25, 0.3) is 11.3 Å². The summed E-state index contributed by atoms with van der Waals surface area (Å²) in [4.78, 5) is 17.2. The van der Waals surface area contributed by atoms with Gasteiger partial charge in [-0.3, -0.25) is 9.78 Å². The van der Waals surface area contributed by atoms with Crippen LogP contribution in [0, 0.1) is 12.3 Å². The topological polar surface area (TPSA) is 59.8 Å². The van der Waals surface area contributed by atoms with Crippen LogP contribution in [0.3, 0.4) is 0 Å². The number of carbonyl (C=O) groups is 1. The van der Waals surface area contributed by atoms with Gasteiger partial charge in [0.1, 0.15) is 0 Å². The van der Waals surface area contributed by atoms with Crippen LogP contribution >= 0.6 is 0 Å². The van der Waals surface area contributed by atoms with Gasteiger partial charge in [-0.05, 0) is 50.6 Å². The molecule has 3 rings (SSSR count). The van der Waals surface area contributed by atoms with E-state index in [-0.39, 0.29) is 5.91 Å². The fourth-order valence-electron chi connectivity index (χ4n) is 3.33. The Bertz CT molecular complexity index is 722. The first-order valence-corrected chi connectivity index (χ1v) is 8.65. The van der Waals surface area contributed by atoms with Crippen LogP contribution in [0.4, 0.5) is 0 Å². The molecule has 0 aromatic carbocycles. The predicted octanol–water partition coefficient (Wildman–Crippen LogP) is 3.41. The number of nitrogens with zero attached hydrogens (tertiary/aromatic N) is 3. The SMILES string of the molecule is Cc1c(-c2cccnc2)nn(C(=O)C(C)(C)C)c1C1CCNCC1. The van der Waals surface area contributed by atoms with Crippen LogP contribution in [0.5, 0.6) is 0 Å². The maximum absolute atomic E-state index is 13.0. The van der Waals surface area contributed by atoms with Crippen LogP contribution in [-0.2, 0) is 0 Å². The first-order valence-electron chi connectivity index (χ1n) is 8.65. The highest BCUT2D eigenvalue weighted by Gasteiger charge is 2.32. The standard InChI is InChI=1S/C19H26N4O/c1-13-16(15-6-5-9-21-12-15)22-23(18(24)19(2,3)4)17(13)14-7-10-20-11-8-14/h5-6,9,12,14,20H,7-8,10-11H2,1-4H3. The van der Waals surface area contributed by atoms with Crippen molar-refractivity contribution in [3.05, 3.63) is 35.8 Å². The molecule has 3 heterocycles. The maximum Gasteiger partial charge on any atom is 0.252 e. The smallest absolute Gasteiger partial charge is 0.252 e. The van der Waals surface area contributed by atoms with Gasteiger partial charge < -0.3 is 5.32 Å². The van der Waals surface area contributed by atoms with Crippen molar-refractivity contribution < 1.29 is 4.79 Å². The number of nitrogens with one attached hydrogen (secondary N) is 1. The van der Waals surface area contributed by atoms with Gasteiger partial charge in [0.05, 0.1) is 11.4 Å². The lowest BCUT2D eigenvalue weighted by atomic mass is 9.90. The molecular formula is C19H26N4O. The zero-order chi connectivity index (χ0) is 17.3. The second-order valence-corrected chi connectivity index (χ2v) is 7.59. The van der Waals surface area contributed by atoms with Gasteiger partial charge in [0.25, 0.3) is 5.91 Å². The van der Waals surface area contributed by atoms with Gasteiger partial charge in [0.2, 0.25) is 0 Å². The van der Waals surface area contributed by atoms with Gasteiger partial charge in [-0.1, -0.05) is 20.8 Å². The Hall–Kier alpha value is -2.01. The van der Waals surface area contributed by atoms with Crippen LogP contribution < -0.4 is 5.32 Å². The lowest BCUT2D eigenvalue weighted by molar-refractivity contribution is 0.0742. The molecule has 0 spiro atoms. The summed E-state index contributed by atoms with van der Waals surface area (Å²) in [6.45, 7) is 9.90. The highest BCUT2D eigenvalue weighted by molar-refractivity contribution is 5.85. The molecule has 24 heavy (non-hydrogen) atoms. The lowest BCUT2D eigenvalue weighted by Gasteiger charge is -2.26. The summed E-state index contributed by atoms with van der Waals surface area (Å²) in [5.41, 5.74) is 3.55. The second-order valence-electron chi connectivity index (χ2n) is 7.59. The van der Waals surface area contributed by atoms with E-state index < -0.39 is 5.41 Å². The van der Waals surface area contributed by atoms with Crippen molar-refractivity contribution in [2.24, 2.45) is 5.41 Å². The van der Waals surface area contributed by atoms with Gasteiger partial charge in [-0.15, -0.1) is 0 Å². The average molecular weight is 326 g/mol. The van der Waals surface area contributed by atoms with Gasteiger partial charge in [-0.2, -0.15) is 5.10 Å². The molecule has 0 unspecified atom stereocenters. The molecule has 0 bridgehead atoms. The Morgan fingerprint density at radius 2 is 2.00 bits per heavy atom. The Morgan fingerprint density at radius 3 is 2.58 bits per heavy atom. The highest BCUT2D eigenvalue weighted by atomic mass is 16.2. The lowest BCUT2D eigenvalue weighted by Crippen LogP contribution is -2.33. The summed E-state index contributed by atoms with van der Waals surface area (Å²) in [7, 11) is 0. The number of hydrogen-bond acceptors (Lipinski definition) is 4. The normalized spacial score (nSPS) is 16.3. The van der Waals surface area contributed by atoms with E-state index in [1.807, 2.05) is 39.1 Å². The fraction of sp³-hybridized carbons (Fsp3) is 0.526.